The van der Waals surface area contributed by atoms with E-state index in [4.69, 9.17) is 5.11 Å². The number of aromatic carboxylic acids is 1. The van der Waals surface area contributed by atoms with E-state index in [9.17, 15) is 14.4 Å². The number of esters is 1. The zero-order valence-electron chi connectivity index (χ0n) is 7.23. The molecule has 1 heterocycles. The van der Waals surface area contributed by atoms with Crippen molar-refractivity contribution in [1.29, 1.82) is 0 Å². The van der Waals surface area contributed by atoms with Gasteiger partial charge >= 0.3 is 11.9 Å². The lowest BCUT2D eigenvalue weighted by atomic mass is 10.3. The fourth-order valence-electron chi connectivity index (χ4n) is 0.879. The van der Waals surface area contributed by atoms with E-state index in [2.05, 4.69) is 9.72 Å². The molecule has 0 aliphatic rings. The van der Waals surface area contributed by atoms with Crippen LogP contribution in [0.25, 0.3) is 0 Å². The average Bonchev–Trinajstić information content (AvgIpc) is 2.15. The highest BCUT2D eigenvalue weighted by molar-refractivity contribution is 5.90. The second-order valence-corrected chi connectivity index (χ2v) is 2.44. The van der Waals surface area contributed by atoms with E-state index in [1.165, 1.54) is 0 Å². The molecule has 0 radical (unpaired) electrons. The molecule has 0 atom stereocenters. The quantitative estimate of drug-likeness (QED) is 0.643. The van der Waals surface area contributed by atoms with Gasteiger partial charge in [0.25, 0.3) is 0 Å². The van der Waals surface area contributed by atoms with Gasteiger partial charge in [-0.1, -0.05) is 0 Å². The number of nitrogens with one attached hydrogen (secondary N) is 1. The van der Waals surface area contributed by atoms with Gasteiger partial charge in [-0.05, 0) is 0 Å². The Kier molecular flexibility index (Phi) is 2.66. The molecule has 0 fully saturated rings. The number of carboxylic acid groups (broad SMARTS) is 1. The minimum Gasteiger partial charge on any atom is -0.477 e. The Balaban J connectivity index is 3.27. The fourth-order valence-corrected chi connectivity index (χ4v) is 0.879. The van der Waals surface area contributed by atoms with Crippen molar-refractivity contribution in [3.8, 4) is 0 Å². The lowest BCUT2D eigenvalue weighted by Crippen LogP contribution is -2.15. The number of ether oxygens (including phenoxy) is 1. The summed E-state index contributed by atoms with van der Waals surface area (Å²) in [6.45, 7) is 0. The normalized spacial score (nSPS) is 9.50. The van der Waals surface area contributed by atoms with Gasteiger partial charge in [-0.25, -0.2) is 9.59 Å². The third-order valence-corrected chi connectivity index (χ3v) is 1.48. The minimum absolute atomic E-state index is 0.183. The molecule has 0 amide bonds. The molecule has 0 spiro atoms. The van der Waals surface area contributed by atoms with Gasteiger partial charge in [0.1, 0.15) is 11.4 Å². The van der Waals surface area contributed by atoms with Crippen LogP contribution in [-0.4, -0.2) is 29.1 Å². The van der Waals surface area contributed by atoms with Crippen molar-refractivity contribution in [2.75, 3.05) is 7.11 Å². The van der Waals surface area contributed by atoms with Crippen molar-refractivity contribution < 1.29 is 19.4 Å². The summed E-state index contributed by atoms with van der Waals surface area (Å²) in [5.74, 6) is -2.10. The molecule has 0 bridgehead atoms. The molecule has 0 saturated heterocycles. The number of carbonyl (C=O) groups is 2. The van der Waals surface area contributed by atoms with Crippen molar-refractivity contribution in [2.45, 2.75) is 0 Å². The number of pyridine rings is 1. The lowest BCUT2D eigenvalue weighted by Gasteiger charge is -2.00. The highest BCUT2D eigenvalue weighted by atomic mass is 16.5. The Morgan fingerprint density at radius 2 is 1.93 bits per heavy atom. The van der Waals surface area contributed by atoms with Crippen LogP contribution in [-0.2, 0) is 4.74 Å². The van der Waals surface area contributed by atoms with Gasteiger partial charge in [0.05, 0.1) is 7.11 Å². The van der Waals surface area contributed by atoms with Gasteiger partial charge in [0, 0.05) is 12.1 Å². The number of hydrogen-bond acceptors (Lipinski definition) is 4. The predicted molar refractivity (Wildman–Crippen MR) is 45.4 cm³/mol. The zero-order chi connectivity index (χ0) is 10.7. The van der Waals surface area contributed by atoms with E-state index in [0.717, 1.165) is 19.2 Å². The number of H-pyrrole nitrogens is 1. The molecule has 14 heavy (non-hydrogen) atoms. The van der Waals surface area contributed by atoms with Crippen LogP contribution in [0.4, 0.5) is 0 Å². The monoisotopic (exact) mass is 197 g/mol. The van der Waals surface area contributed by atoms with Crippen molar-refractivity contribution in [2.24, 2.45) is 0 Å². The molecule has 6 nitrogen and oxygen atoms in total. The molecule has 6 heteroatoms. The van der Waals surface area contributed by atoms with E-state index < -0.39 is 17.4 Å². The Bertz CT molecular complexity index is 434. The van der Waals surface area contributed by atoms with Crippen LogP contribution in [0, 0.1) is 0 Å². The van der Waals surface area contributed by atoms with E-state index in [1.807, 2.05) is 0 Å². The summed E-state index contributed by atoms with van der Waals surface area (Å²) in [5, 5.41) is 8.57. The smallest absolute Gasteiger partial charge is 0.354 e. The maximum Gasteiger partial charge on any atom is 0.354 e. The Morgan fingerprint density at radius 3 is 2.43 bits per heavy atom. The SMILES string of the molecule is COC(=O)c1cc(=O)cc(C(=O)O)[nH]1. The molecule has 0 aliphatic carbocycles. The van der Waals surface area contributed by atoms with Crippen molar-refractivity contribution >= 4 is 11.9 Å². The molecule has 0 aromatic carbocycles. The number of methoxy groups -OCH3 is 1. The van der Waals surface area contributed by atoms with Crippen LogP contribution in [0.15, 0.2) is 16.9 Å². The third kappa shape index (κ3) is 1.98. The lowest BCUT2D eigenvalue weighted by molar-refractivity contribution is 0.0593. The van der Waals surface area contributed by atoms with Crippen LogP contribution in [0.5, 0.6) is 0 Å². The number of hydrogen-bond donors (Lipinski definition) is 2. The largest absolute Gasteiger partial charge is 0.477 e. The molecule has 1 aromatic rings. The van der Waals surface area contributed by atoms with Gasteiger partial charge < -0.3 is 14.8 Å². The summed E-state index contributed by atoms with van der Waals surface area (Å²) >= 11 is 0. The molecule has 74 valence electrons. The van der Waals surface area contributed by atoms with Crippen molar-refractivity contribution in [3.05, 3.63) is 33.7 Å². The number of aromatic amines is 1. The molecule has 1 aromatic heterocycles. The predicted octanol–water partition coefficient (Wildman–Crippen LogP) is -0.140. The summed E-state index contributed by atoms with van der Waals surface area (Å²) in [6, 6.07) is 1.85. The summed E-state index contributed by atoms with van der Waals surface area (Å²) in [7, 11) is 1.13. The molecule has 0 unspecified atom stereocenters. The van der Waals surface area contributed by atoms with E-state index in [-0.39, 0.29) is 11.4 Å². The van der Waals surface area contributed by atoms with Crippen LogP contribution in [0.1, 0.15) is 21.0 Å². The molecule has 2 N–H and O–H groups in total. The zero-order valence-corrected chi connectivity index (χ0v) is 7.23. The summed E-state index contributed by atoms with van der Waals surface area (Å²) < 4.78 is 4.32. The maximum atomic E-state index is 11.0. The highest BCUT2D eigenvalue weighted by Crippen LogP contribution is 1.97. The Morgan fingerprint density at radius 1 is 1.36 bits per heavy atom. The van der Waals surface area contributed by atoms with Gasteiger partial charge in [0.15, 0.2) is 5.43 Å². The van der Waals surface area contributed by atoms with Gasteiger partial charge in [-0.3, -0.25) is 4.79 Å². The summed E-state index contributed by atoms with van der Waals surface area (Å²) in [5.41, 5.74) is -1.10. The van der Waals surface area contributed by atoms with Crippen molar-refractivity contribution in [1.82, 2.24) is 4.98 Å². The number of carbonyl (C=O) groups excluding carboxylic acids is 1. The standard InChI is InChI=1S/C8H7NO5/c1-14-8(13)6-3-4(10)2-5(9-6)7(11)12/h2-3H,1H3,(H,9,10)(H,11,12). The number of carboxylic acids is 1. The van der Waals surface area contributed by atoms with Crippen LogP contribution in [0.3, 0.4) is 0 Å². The third-order valence-electron chi connectivity index (χ3n) is 1.48. The number of aromatic nitrogens is 1. The fraction of sp³-hybridized carbons (Fsp3) is 0.125. The van der Waals surface area contributed by atoms with E-state index in [0.29, 0.717) is 0 Å². The summed E-state index contributed by atoms with van der Waals surface area (Å²) in [4.78, 5) is 34.7. The highest BCUT2D eigenvalue weighted by Gasteiger charge is 2.11. The Labute approximate surface area is 78.1 Å². The molecule has 0 aliphatic heterocycles. The van der Waals surface area contributed by atoms with Crippen LogP contribution < -0.4 is 5.43 Å². The summed E-state index contributed by atoms with van der Waals surface area (Å²) in [6.07, 6.45) is 0. The molecular weight excluding hydrogens is 190 g/mol. The molecule has 0 saturated carbocycles. The average molecular weight is 197 g/mol. The topological polar surface area (TPSA) is 96.5 Å². The first kappa shape index (κ1) is 9.97. The second kappa shape index (κ2) is 3.73. The maximum absolute atomic E-state index is 11.0. The number of rotatable bonds is 2. The minimum atomic E-state index is -1.31. The molecular formula is C8H7NO5. The van der Waals surface area contributed by atoms with Crippen molar-refractivity contribution in [3.63, 3.8) is 0 Å². The Hall–Kier alpha value is -2.11. The van der Waals surface area contributed by atoms with Gasteiger partial charge in [0.2, 0.25) is 0 Å². The van der Waals surface area contributed by atoms with Crippen LogP contribution in [0.2, 0.25) is 0 Å². The van der Waals surface area contributed by atoms with Gasteiger partial charge in [-0.2, -0.15) is 0 Å². The first-order valence-corrected chi connectivity index (χ1v) is 3.60. The van der Waals surface area contributed by atoms with Gasteiger partial charge in [-0.15, -0.1) is 0 Å². The first-order chi connectivity index (χ1) is 6.54. The molecule has 1 rings (SSSR count). The van der Waals surface area contributed by atoms with E-state index >= 15 is 0 Å². The van der Waals surface area contributed by atoms with Crippen LogP contribution >= 0.6 is 0 Å². The second-order valence-electron chi connectivity index (χ2n) is 2.44. The first-order valence-electron chi connectivity index (χ1n) is 3.60. The van der Waals surface area contributed by atoms with E-state index in [1.54, 1.807) is 0 Å².